The van der Waals surface area contributed by atoms with Gasteiger partial charge < -0.3 is 5.32 Å². The van der Waals surface area contributed by atoms with E-state index < -0.39 is 0 Å². The number of anilines is 1. The van der Waals surface area contributed by atoms with Gasteiger partial charge in [-0.15, -0.1) is 0 Å². The van der Waals surface area contributed by atoms with E-state index in [1.807, 2.05) is 0 Å². The lowest BCUT2D eigenvalue weighted by molar-refractivity contribution is -0.115. The predicted molar refractivity (Wildman–Crippen MR) is 71.5 cm³/mol. The molecule has 19 heavy (non-hydrogen) atoms. The molecule has 1 aromatic carbocycles. The molecule has 0 radical (unpaired) electrons. The molecule has 0 aliphatic heterocycles. The van der Waals surface area contributed by atoms with Gasteiger partial charge in [-0.2, -0.15) is 10.1 Å². The van der Waals surface area contributed by atoms with Gasteiger partial charge in [0.05, 0.1) is 6.54 Å². The number of benzene rings is 1. The van der Waals surface area contributed by atoms with Gasteiger partial charge in [0.15, 0.2) is 0 Å². The van der Waals surface area contributed by atoms with Crippen molar-refractivity contribution in [3.63, 3.8) is 0 Å². The van der Waals surface area contributed by atoms with Gasteiger partial charge in [0.2, 0.25) is 11.9 Å². The molecule has 1 aromatic heterocycles. The van der Waals surface area contributed by atoms with Gasteiger partial charge in [-0.05, 0) is 24.3 Å². The van der Waals surface area contributed by atoms with E-state index in [0.29, 0.717) is 5.56 Å². The summed E-state index contributed by atoms with van der Waals surface area (Å²) in [4.78, 5) is 26.9. The van der Waals surface area contributed by atoms with E-state index in [1.165, 1.54) is 6.33 Å². The van der Waals surface area contributed by atoms with Crippen LogP contribution in [-0.2, 0) is 4.79 Å². The average molecular weight is 324 g/mol. The number of carbonyl (C=O) groups is 2. The third-order valence-electron chi connectivity index (χ3n) is 2.19. The smallest absolute Gasteiger partial charge is 0.251 e. The third kappa shape index (κ3) is 3.88. The van der Waals surface area contributed by atoms with Crippen molar-refractivity contribution in [3.8, 4) is 0 Å². The van der Waals surface area contributed by atoms with Gasteiger partial charge >= 0.3 is 0 Å². The summed E-state index contributed by atoms with van der Waals surface area (Å²) in [6, 6.07) is 6.83. The highest BCUT2D eigenvalue weighted by molar-refractivity contribution is 9.10. The molecule has 0 unspecified atom stereocenters. The maximum absolute atomic E-state index is 11.7. The number of amides is 2. The quantitative estimate of drug-likeness (QED) is 0.779. The Morgan fingerprint density at radius 2 is 2.00 bits per heavy atom. The minimum absolute atomic E-state index is 0.143. The van der Waals surface area contributed by atoms with E-state index in [9.17, 15) is 9.59 Å². The highest BCUT2D eigenvalue weighted by Gasteiger charge is 2.08. The molecule has 3 N–H and O–H groups in total. The zero-order chi connectivity index (χ0) is 13.7. The molecule has 0 aliphatic rings. The van der Waals surface area contributed by atoms with Gasteiger partial charge in [0, 0.05) is 10.0 Å². The Labute approximate surface area is 116 Å². The Morgan fingerprint density at radius 3 is 2.63 bits per heavy atom. The van der Waals surface area contributed by atoms with E-state index in [4.69, 9.17) is 0 Å². The second-order valence-electron chi connectivity index (χ2n) is 3.57. The van der Waals surface area contributed by atoms with Crippen molar-refractivity contribution < 1.29 is 9.59 Å². The molecule has 2 amide bonds. The second-order valence-corrected chi connectivity index (χ2v) is 4.49. The van der Waals surface area contributed by atoms with Crippen LogP contribution in [0, 0.1) is 0 Å². The summed E-state index contributed by atoms with van der Waals surface area (Å²) in [6.07, 6.45) is 1.27. The second kappa shape index (κ2) is 6.10. The molecule has 0 spiro atoms. The summed E-state index contributed by atoms with van der Waals surface area (Å²) < 4.78 is 0.882. The van der Waals surface area contributed by atoms with Crippen LogP contribution in [0.1, 0.15) is 10.4 Å². The summed E-state index contributed by atoms with van der Waals surface area (Å²) in [6.45, 7) is -0.143. The molecule has 0 saturated carbocycles. The van der Waals surface area contributed by atoms with Crippen molar-refractivity contribution in [2.24, 2.45) is 0 Å². The standard InChI is InChI=1S/C11H10BrN5O2/c12-8-3-1-7(2-4-8)10(19)13-5-9(18)16-11-14-6-15-17-11/h1-4,6H,5H2,(H,13,19)(H2,14,15,16,17,18). The number of H-pyrrole nitrogens is 1. The topological polar surface area (TPSA) is 99.8 Å². The van der Waals surface area contributed by atoms with E-state index in [-0.39, 0.29) is 24.3 Å². The van der Waals surface area contributed by atoms with Gasteiger partial charge in [0.1, 0.15) is 6.33 Å². The Hall–Kier alpha value is -2.22. The lowest BCUT2D eigenvalue weighted by atomic mass is 10.2. The van der Waals surface area contributed by atoms with Crippen LogP contribution in [0.5, 0.6) is 0 Å². The molecule has 2 rings (SSSR count). The molecule has 7 nitrogen and oxygen atoms in total. The molecule has 98 valence electrons. The largest absolute Gasteiger partial charge is 0.343 e. The molecular formula is C11H10BrN5O2. The zero-order valence-corrected chi connectivity index (χ0v) is 11.3. The van der Waals surface area contributed by atoms with Crippen LogP contribution in [0.25, 0.3) is 0 Å². The van der Waals surface area contributed by atoms with Gasteiger partial charge in [-0.1, -0.05) is 15.9 Å². The monoisotopic (exact) mass is 323 g/mol. The van der Waals surface area contributed by atoms with E-state index in [2.05, 4.69) is 41.7 Å². The lowest BCUT2D eigenvalue weighted by Gasteiger charge is -2.05. The Bertz CT molecular complexity index is 567. The van der Waals surface area contributed by atoms with Gasteiger partial charge in [-0.3, -0.25) is 14.9 Å². The first-order valence-electron chi connectivity index (χ1n) is 5.34. The molecular weight excluding hydrogens is 314 g/mol. The molecule has 2 aromatic rings. The van der Waals surface area contributed by atoms with E-state index >= 15 is 0 Å². The first kappa shape index (κ1) is 13.2. The highest BCUT2D eigenvalue weighted by atomic mass is 79.9. The van der Waals surface area contributed by atoms with Gasteiger partial charge in [-0.25, -0.2) is 5.10 Å². The van der Waals surface area contributed by atoms with Gasteiger partial charge in [0.25, 0.3) is 5.91 Å². The molecule has 0 bridgehead atoms. The maximum atomic E-state index is 11.7. The normalized spacial score (nSPS) is 9.95. The first-order chi connectivity index (χ1) is 9.15. The fourth-order valence-electron chi connectivity index (χ4n) is 1.31. The van der Waals surface area contributed by atoms with Crippen LogP contribution in [0.4, 0.5) is 5.95 Å². The Kier molecular flexibility index (Phi) is 4.24. The third-order valence-corrected chi connectivity index (χ3v) is 2.72. The molecule has 8 heteroatoms. The fourth-order valence-corrected chi connectivity index (χ4v) is 1.57. The van der Waals surface area contributed by atoms with Crippen molar-refractivity contribution in [2.75, 3.05) is 11.9 Å². The van der Waals surface area contributed by atoms with Crippen molar-refractivity contribution >= 4 is 33.7 Å². The zero-order valence-electron chi connectivity index (χ0n) is 9.68. The number of nitrogens with one attached hydrogen (secondary N) is 3. The van der Waals surface area contributed by atoms with Crippen LogP contribution < -0.4 is 10.6 Å². The number of nitrogens with zero attached hydrogens (tertiary/aromatic N) is 2. The lowest BCUT2D eigenvalue weighted by Crippen LogP contribution is -2.33. The minimum atomic E-state index is -0.387. The van der Waals surface area contributed by atoms with Crippen molar-refractivity contribution in [1.29, 1.82) is 0 Å². The maximum Gasteiger partial charge on any atom is 0.251 e. The van der Waals surface area contributed by atoms with Crippen molar-refractivity contribution in [3.05, 3.63) is 40.6 Å². The SMILES string of the molecule is O=C(CNC(=O)c1ccc(Br)cc1)Nc1ncn[nH]1. The number of rotatable bonds is 4. The summed E-state index contributed by atoms with van der Waals surface area (Å²) in [5, 5.41) is 11.0. The first-order valence-corrected chi connectivity index (χ1v) is 6.13. The molecule has 0 saturated heterocycles. The van der Waals surface area contributed by atoms with Crippen LogP contribution in [0.15, 0.2) is 35.1 Å². The van der Waals surface area contributed by atoms with Crippen molar-refractivity contribution in [2.45, 2.75) is 0 Å². The number of hydrogen-bond donors (Lipinski definition) is 3. The predicted octanol–water partition coefficient (Wildman–Crippen LogP) is 0.936. The van der Waals surface area contributed by atoms with Crippen molar-refractivity contribution in [1.82, 2.24) is 20.5 Å². The van der Waals surface area contributed by atoms with Crippen LogP contribution in [0.3, 0.4) is 0 Å². The molecule has 0 aliphatic carbocycles. The van der Waals surface area contributed by atoms with Crippen LogP contribution >= 0.6 is 15.9 Å². The Morgan fingerprint density at radius 1 is 1.26 bits per heavy atom. The average Bonchev–Trinajstić information content (AvgIpc) is 2.89. The number of hydrogen-bond acceptors (Lipinski definition) is 4. The molecule has 0 fully saturated rings. The van der Waals surface area contributed by atoms with Crippen LogP contribution in [0.2, 0.25) is 0 Å². The summed E-state index contributed by atoms with van der Waals surface area (Å²) >= 11 is 3.28. The fraction of sp³-hybridized carbons (Fsp3) is 0.0909. The Balaban J connectivity index is 1.83. The minimum Gasteiger partial charge on any atom is -0.343 e. The highest BCUT2D eigenvalue weighted by Crippen LogP contribution is 2.10. The number of aromatic nitrogens is 3. The summed E-state index contributed by atoms with van der Waals surface area (Å²) in [7, 11) is 0. The summed E-state index contributed by atoms with van der Waals surface area (Å²) in [5.74, 6) is -0.467. The molecule has 1 heterocycles. The van der Waals surface area contributed by atoms with E-state index in [0.717, 1.165) is 4.47 Å². The van der Waals surface area contributed by atoms with E-state index in [1.54, 1.807) is 24.3 Å². The van der Waals surface area contributed by atoms with Crippen LogP contribution in [-0.4, -0.2) is 33.5 Å². The number of halogens is 1. The number of aromatic amines is 1. The molecule has 0 atom stereocenters. The number of carbonyl (C=O) groups excluding carboxylic acids is 2. The summed E-state index contributed by atoms with van der Waals surface area (Å²) in [5.41, 5.74) is 0.482.